The first-order chi connectivity index (χ1) is 8.19. The quantitative estimate of drug-likeness (QED) is 0.730. The molecule has 0 aliphatic heterocycles. The van der Waals surface area contributed by atoms with Gasteiger partial charge in [-0.15, -0.1) is 0 Å². The first-order valence-electron chi connectivity index (χ1n) is 5.67. The van der Waals surface area contributed by atoms with Crippen LogP contribution in [0.5, 0.6) is 0 Å². The van der Waals surface area contributed by atoms with Crippen molar-refractivity contribution in [1.82, 2.24) is 0 Å². The molecule has 0 fully saturated rings. The third-order valence-corrected chi connectivity index (χ3v) is 3.11. The molecule has 0 amide bonds. The molecule has 0 aromatic heterocycles. The van der Waals surface area contributed by atoms with Gasteiger partial charge in [-0.1, -0.05) is 37.3 Å². The van der Waals surface area contributed by atoms with Gasteiger partial charge in [0, 0.05) is 0 Å². The SMILES string of the molecule is CCC(S)C(=O)C(CO)OCc1ccccc1. The second-order valence-electron chi connectivity index (χ2n) is 3.79. The second kappa shape index (κ2) is 7.48. The van der Waals surface area contributed by atoms with E-state index in [2.05, 4.69) is 12.6 Å². The molecular formula is C13H18O3S. The van der Waals surface area contributed by atoms with Crippen molar-refractivity contribution in [2.75, 3.05) is 6.61 Å². The highest BCUT2D eigenvalue weighted by atomic mass is 32.1. The van der Waals surface area contributed by atoms with Crippen LogP contribution in [0.2, 0.25) is 0 Å². The molecule has 94 valence electrons. The third kappa shape index (κ3) is 4.50. The van der Waals surface area contributed by atoms with Crippen LogP contribution in [0.1, 0.15) is 18.9 Å². The van der Waals surface area contributed by atoms with Crippen LogP contribution in [0, 0.1) is 0 Å². The van der Waals surface area contributed by atoms with Gasteiger partial charge in [0.05, 0.1) is 18.5 Å². The maximum absolute atomic E-state index is 11.8. The molecule has 17 heavy (non-hydrogen) atoms. The Morgan fingerprint density at radius 2 is 2.06 bits per heavy atom. The van der Waals surface area contributed by atoms with E-state index in [-0.39, 0.29) is 17.6 Å². The Morgan fingerprint density at radius 1 is 1.41 bits per heavy atom. The molecular weight excluding hydrogens is 236 g/mol. The van der Waals surface area contributed by atoms with Gasteiger partial charge >= 0.3 is 0 Å². The van der Waals surface area contributed by atoms with E-state index in [9.17, 15) is 4.79 Å². The highest BCUT2D eigenvalue weighted by Crippen LogP contribution is 2.10. The lowest BCUT2D eigenvalue weighted by atomic mass is 10.1. The minimum Gasteiger partial charge on any atom is -0.393 e. The predicted octanol–water partition coefficient (Wildman–Crippen LogP) is 1.84. The van der Waals surface area contributed by atoms with E-state index in [4.69, 9.17) is 9.84 Å². The lowest BCUT2D eigenvalue weighted by Crippen LogP contribution is -2.34. The number of benzene rings is 1. The molecule has 0 radical (unpaired) electrons. The fourth-order valence-corrected chi connectivity index (χ4v) is 1.58. The summed E-state index contributed by atoms with van der Waals surface area (Å²) in [6.07, 6.45) is -0.148. The summed E-state index contributed by atoms with van der Waals surface area (Å²) in [6.45, 7) is 1.89. The van der Waals surface area contributed by atoms with E-state index in [0.29, 0.717) is 13.0 Å². The maximum Gasteiger partial charge on any atom is 0.176 e. The molecule has 1 aromatic rings. The lowest BCUT2D eigenvalue weighted by molar-refractivity contribution is -0.133. The molecule has 1 N–H and O–H groups in total. The minimum atomic E-state index is -0.780. The number of aliphatic hydroxyl groups is 1. The number of ether oxygens (including phenoxy) is 1. The molecule has 1 aromatic carbocycles. The largest absolute Gasteiger partial charge is 0.393 e. The minimum absolute atomic E-state index is 0.158. The van der Waals surface area contributed by atoms with Crippen LogP contribution in [0.15, 0.2) is 30.3 Å². The van der Waals surface area contributed by atoms with Crippen molar-refractivity contribution in [3.05, 3.63) is 35.9 Å². The predicted molar refractivity (Wildman–Crippen MR) is 70.2 cm³/mol. The molecule has 0 heterocycles. The number of rotatable bonds is 7. The molecule has 0 saturated carbocycles. The smallest absolute Gasteiger partial charge is 0.176 e. The average molecular weight is 254 g/mol. The Bertz CT molecular complexity index is 340. The number of carbonyl (C=O) groups excluding carboxylic acids is 1. The first kappa shape index (κ1) is 14.2. The average Bonchev–Trinajstić information content (AvgIpc) is 2.39. The standard InChI is InChI=1S/C13H18O3S/c1-2-12(17)13(15)11(8-14)16-9-10-6-4-3-5-7-10/h3-7,11-12,14,17H,2,8-9H2,1H3. The molecule has 3 nitrogen and oxygen atoms in total. The Morgan fingerprint density at radius 3 is 2.59 bits per heavy atom. The molecule has 0 saturated heterocycles. The topological polar surface area (TPSA) is 46.5 Å². The van der Waals surface area contributed by atoms with Gasteiger partial charge in [-0.25, -0.2) is 0 Å². The van der Waals surface area contributed by atoms with E-state index in [1.54, 1.807) is 0 Å². The third-order valence-electron chi connectivity index (χ3n) is 2.49. The number of Topliss-reactive ketones (excluding diaryl/α,β-unsaturated/α-hetero) is 1. The fraction of sp³-hybridized carbons (Fsp3) is 0.462. The maximum atomic E-state index is 11.8. The zero-order chi connectivity index (χ0) is 12.7. The van der Waals surface area contributed by atoms with Crippen LogP contribution in [-0.4, -0.2) is 28.9 Å². The van der Waals surface area contributed by atoms with E-state index in [1.807, 2.05) is 37.3 Å². The number of thiol groups is 1. The van der Waals surface area contributed by atoms with E-state index < -0.39 is 6.10 Å². The first-order valence-corrected chi connectivity index (χ1v) is 6.18. The second-order valence-corrected chi connectivity index (χ2v) is 4.42. The van der Waals surface area contributed by atoms with Crippen LogP contribution in [-0.2, 0) is 16.1 Å². The van der Waals surface area contributed by atoms with E-state index in [0.717, 1.165) is 5.56 Å². The lowest BCUT2D eigenvalue weighted by Gasteiger charge is -2.17. The van der Waals surface area contributed by atoms with Crippen molar-refractivity contribution >= 4 is 18.4 Å². The zero-order valence-corrected chi connectivity index (χ0v) is 10.8. The van der Waals surface area contributed by atoms with Crippen molar-refractivity contribution in [3.63, 3.8) is 0 Å². The van der Waals surface area contributed by atoms with Crippen LogP contribution < -0.4 is 0 Å². The van der Waals surface area contributed by atoms with Crippen LogP contribution >= 0.6 is 12.6 Å². The van der Waals surface area contributed by atoms with Gasteiger partial charge < -0.3 is 9.84 Å². The molecule has 2 unspecified atom stereocenters. The summed E-state index contributed by atoms with van der Waals surface area (Å²) >= 11 is 4.16. The van der Waals surface area contributed by atoms with Crippen molar-refractivity contribution in [2.24, 2.45) is 0 Å². The van der Waals surface area contributed by atoms with Gasteiger partial charge in [0.25, 0.3) is 0 Å². The summed E-state index contributed by atoms with van der Waals surface area (Å²) in [5.74, 6) is -0.158. The highest BCUT2D eigenvalue weighted by Gasteiger charge is 2.23. The van der Waals surface area contributed by atoms with Gasteiger partial charge in [0.15, 0.2) is 5.78 Å². The van der Waals surface area contributed by atoms with Gasteiger partial charge in [-0.3, -0.25) is 4.79 Å². The summed E-state index contributed by atoms with van der Waals surface area (Å²) in [5, 5.41) is 8.77. The Labute approximate surface area is 107 Å². The van der Waals surface area contributed by atoms with Crippen LogP contribution in [0.25, 0.3) is 0 Å². The van der Waals surface area contributed by atoms with Crippen molar-refractivity contribution in [1.29, 1.82) is 0 Å². The molecule has 0 spiro atoms. The van der Waals surface area contributed by atoms with Crippen LogP contribution in [0.3, 0.4) is 0 Å². The van der Waals surface area contributed by atoms with Crippen LogP contribution in [0.4, 0.5) is 0 Å². The fourth-order valence-electron chi connectivity index (χ4n) is 1.41. The summed E-state index contributed by atoms with van der Waals surface area (Å²) in [6, 6.07) is 9.55. The normalized spacial score (nSPS) is 14.3. The Balaban J connectivity index is 2.50. The molecule has 0 aliphatic rings. The number of carbonyl (C=O) groups is 1. The summed E-state index contributed by atoms with van der Waals surface area (Å²) in [7, 11) is 0. The highest BCUT2D eigenvalue weighted by molar-refractivity contribution is 7.81. The van der Waals surface area contributed by atoms with Crippen molar-refractivity contribution in [2.45, 2.75) is 31.3 Å². The van der Waals surface area contributed by atoms with Gasteiger partial charge in [-0.05, 0) is 12.0 Å². The summed E-state index contributed by atoms with van der Waals surface area (Å²) in [5.41, 5.74) is 0.978. The summed E-state index contributed by atoms with van der Waals surface area (Å²) < 4.78 is 5.41. The number of hydrogen-bond acceptors (Lipinski definition) is 4. The molecule has 0 aliphatic carbocycles. The number of ketones is 1. The summed E-state index contributed by atoms with van der Waals surface area (Å²) in [4.78, 5) is 11.8. The number of hydrogen-bond donors (Lipinski definition) is 2. The molecule has 0 bridgehead atoms. The van der Waals surface area contributed by atoms with Crippen molar-refractivity contribution < 1.29 is 14.6 Å². The monoisotopic (exact) mass is 254 g/mol. The molecule has 1 rings (SSSR count). The van der Waals surface area contributed by atoms with Crippen molar-refractivity contribution in [3.8, 4) is 0 Å². The Kier molecular flexibility index (Phi) is 6.26. The van der Waals surface area contributed by atoms with E-state index >= 15 is 0 Å². The van der Waals surface area contributed by atoms with Gasteiger partial charge in [0.1, 0.15) is 6.10 Å². The zero-order valence-electron chi connectivity index (χ0n) is 9.87. The van der Waals surface area contributed by atoms with Gasteiger partial charge in [0.2, 0.25) is 0 Å². The Hall–Kier alpha value is -0.840. The number of aliphatic hydroxyl groups excluding tert-OH is 1. The van der Waals surface area contributed by atoms with Gasteiger partial charge in [-0.2, -0.15) is 12.6 Å². The molecule has 4 heteroatoms. The molecule has 2 atom stereocenters. The van der Waals surface area contributed by atoms with E-state index in [1.165, 1.54) is 0 Å².